The Kier molecular flexibility index (Phi) is 9.17. The van der Waals surface area contributed by atoms with E-state index in [0.717, 1.165) is 65.3 Å². The Morgan fingerprint density at radius 3 is 2.72 bits per heavy atom. The first-order chi connectivity index (χ1) is 24.1. The number of nitrogens with one attached hydrogen (secondary N) is 2. The van der Waals surface area contributed by atoms with Crippen molar-refractivity contribution in [1.82, 2.24) is 34.9 Å². The Hall–Kier alpha value is -5.03. The summed E-state index contributed by atoms with van der Waals surface area (Å²) in [6.45, 7) is 11.2. The number of aromatic amines is 1. The highest BCUT2D eigenvalue weighted by Gasteiger charge is 2.27. The van der Waals surface area contributed by atoms with Crippen LogP contribution >= 0.6 is 0 Å². The fourth-order valence-corrected chi connectivity index (χ4v) is 6.98. The molecule has 0 bridgehead atoms. The van der Waals surface area contributed by atoms with Crippen LogP contribution in [0.2, 0.25) is 0 Å². The lowest BCUT2D eigenvalue weighted by Crippen LogP contribution is -2.36. The summed E-state index contributed by atoms with van der Waals surface area (Å²) in [6, 6.07) is 14.5. The number of benzene rings is 2. The molecule has 1 fully saturated rings. The monoisotopic (exact) mass is 675 g/mol. The number of ether oxygens (including phenoxy) is 2. The van der Waals surface area contributed by atoms with E-state index in [9.17, 15) is 9.59 Å². The first-order valence-corrected chi connectivity index (χ1v) is 17.6. The van der Waals surface area contributed by atoms with E-state index in [0.29, 0.717) is 36.9 Å². The molecule has 7 rings (SSSR count). The van der Waals surface area contributed by atoms with Crippen LogP contribution in [0.25, 0.3) is 33.5 Å². The molecule has 1 unspecified atom stereocenters. The number of carbonyl (C=O) groups excluding carboxylic acids is 2. The van der Waals surface area contributed by atoms with Crippen LogP contribution in [0.15, 0.2) is 61.1 Å². The van der Waals surface area contributed by atoms with E-state index in [4.69, 9.17) is 14.6 Å². The zero-order valence-corrected chi connectivity index (χ0v) is 29.5. The molecule has 2 aromatic carbocycles. The van der Waals surface area contributed by atoms with Crippen LogP contribution in [-0.4, -0.2) is 60.4 Å². The molecule has 2 amide bonds. The smallest absolute Gasteiger partial charge is 0.410 e. The standard InChI is InChI=1S/C39H45N7O4/c1-6-45(38(48)50-39(3,4)5)23-27-20-40-21-30(24(27)2)26-15-17-33-29(19-26)35(44-46(33)34-13-9-10-18-49-34)36-41-22-32(42-36)37(47)43-31-16-14-25-11-7-8-12-28(25)31/h7-8,11-12,15,17,19-22,31,34H,6,9-10,13-14,16,18,23H2,1-5H3,(H,41,42)(H,43,47)/t31-,34?/m1/s1. The van der Waals surface area contributed by atoms with Gasteiger partial charge in [0.25, 0.3) is 5.91 Å². The van der Waals surface area contributed by atoms with Crippen LogP contribution in [0, 0.1) is 6.92 Å². The maximum absolute atomic E-state index is 13.4. The zero-order chi connectivity index (χ0) is 35.0. The van der Waals surface area contributed by atoms with Gasteiger partial charge in [-0.1, -0.05) is 30.3 Å². The minimum absolute atomic E-state index is 0.0300. The Morgan fingerprint density at radius 2 is 1.94 bits per heavy atom. The summed E-state index contributed by atoms with van der Waals surface area (Å²) in [7, 11) is 0. The highest BCUT2D eigenvalue weighted by Crippen LogP contribution is 2.36. The van der Waals surface area contributed by atoms with Gasteiger partial charge in [0.2, 0.25) is 0 Å². The second kappa shape index (κ2) is 13.7. The van der Waals surface area contributed by atoms with Gasteiger partial charge in [0, 0.05) is 36.5 Å². The van der Waals surface area contributed by atoms with Gasteiger partial charge < -0.3 is 24.7 Å². The number of pyridine rings is 1. The summed E-state index contributed by atoms with van der Waals surface area (Å²) in [5.74, 6) is 0.315. The number of fused-ring (bicyclic) bond motifs is 2. The van der Waals surface area contributed by atoms with Crippen molar-refractivity contribution < 1.29 is 19.1 Å². The van der Waals surface area contributed by atoms with Crippen LogP contribution < -0.4 is 5.32 Å². The number of H-pyrrole nitrogens is 1. The molecule has 4 heterocycles. The molecule has 2 aliphatic rings. The average molecular weight is 676 g/mol. The van der Waals surface area contributed by atoms with E-state index in [1.54, 1.807) is 11.1 Å². The van der Waals surface area contributed by atoms with Gasteiger partial charge in [-0.3, -0.25) is 9.78 Å². The molecule has 11 heteroatoms. The molecule has 5 aromatic rings. The second-order valence-corrected chi connectivity index (χ2v) is 14.2. The van der Waals surface area contributed by atoms with Gasteiger partial charge in [-0.25, -0.2) is 14.5 Å². The first kappa shape index (κ1) is 33.5. The van der Waals surface area contributed by atoms with Crippen molar-refractivity contribution in [3.63, 3.8) is 0 Å². The molecule has 0 saturated carbocycles. The quantitative estimate of drug-likeness (QED) is 0.173. The number of carbonyl (C=O) groups is 2. The third-order valence-electron chi connectivity index (χ3n) is 9.64. The summed E-state index contributed by atoms with van der Waals surface area (Å²) in [6.07, 6.45) is 9.48. The lowest BCUT2D eigenvalue weighted by Gasteiger charge is -2.27. The zero-order valence-electron chi connectivity index (χ0n) is 29.5. The molecule has 0 radical (unpaired) electrons. The van der Waals surface area contributed by atoms with E-state index in [2.05, 4.69) is 57.5 Å². The number of aryl methyl sites for hydroxylation is 1. The minimum Gasteiger partial charge on any atom is -0.444 e. The van der Waals surface area contributed by atoms with Gasteiger partial charge >= 0.3 is 6.09 Å². The summed E-state index contributed by atoms with van der Waals surface area (Å²) in [5.41, 5.74) is 7.69. The van der Waals surface area contributed by atoms with Crippen LogP contribution in [0.4, 0.5) is 4.79 Å². The summed E-state index contributed by atoms with van der Waals surface area (Å²) in [4.78, 5) is 40.5. The van der Waals surface area contributed by atoms with Crippen molar-refractivity contribution >= 4 is 22.9 Å². The van der Waals surface area contributed by atoms with Gasteiger partial charge in [-0.2, -0.15) is 5.10 Å². The third kappa shape index (κ3) is 6.74. The lowest BCUT2D eigenvalue weighted by molar-refractivity contribution is -0.0365. The third-order valence-corrected chi connectivity index (χ3v) is 9.64. The Balaban J connectivity index is 1.22. The lowest BCUT2D eigenvalue weighted by atomic mass is 9.97. The number of rotatable bonds is 8. The van der Waals surface area contributed by atoms with Crippen molar-refractivity contribution in [2.24, 2.45) is 0 Å². The predicted molar refractivity (Wildman–Crippen MR) is 191 cm³/mol. The molecule has 0 spiro atoms. The van der Waals surface area contributed by atoms with E-state index in [1.807, 2.05) is 56.9 Å². The number of aromatic nitrogens is 5. The van der Waals surface area contributed by atoms with Gasteiger partial charge in [0.05, 0.1) is 24.3 Å². The normalized spacial score (nSPS) is 17.5. The highest BCUT2D eigenvalue weighted by atomic mass is 16.6. The number of nitrogens with zero attached hydrogens (tertiary/aromatic N) is 5. The van der Waals surface area contributed by atoms with Crippen molar-refractivity contribution in [3.05, 3.63) is 89.0 Å². The molecule has 50 heavy (non-hydrogen) atoms. The summed E-state index contributed by atoms with van der Waals surface area (Å²) in [5, 5.41) is 9.13. The Labute approximate surface area is 292 Å². The number of hydrogen-bond donors (Lipinski definition) is 2. The number of imidazole rings is 1. The van der Waals surface area contributed by atoms with Gasteiger partial charge in [0.15, 0.2) is 12.1 Å². The van der Waals surface area contributed by atoms with Gasteiger partial charge in [-0.05, 0) is 107 Å². The second-order valence-electron chi connectivity index (χ2n) is 14.2. The SMILES string of the molecule is CCN(Cc1cncc(-c2ccc3c(c2)c(-c2ncc(C(=O)N[C@@H]4CCc5ccccc54)[nH]2)nn3C2CCCCO2)c1C)C(=O)OC(C)(C)C. The van der Waals surface area contributed by atoms with Crippen LogP contribution in [0.5, 0.6) is 0 Å². The summed E-state index contributed by atoms with van der Waals surface area (Å²) < 4.78 is 13.8. The van der Waals surface area contributed by atoms with Crippen molar-refractivity contribution in [2.45, 2.75) is 91.1 Å². The molecule has 1 aliphatic heterocycles. The summed E-state index contributed by atoms with van der Waals surface area (Å²) >= 11 is 0. The molecule has 1 aliphatic carbocycles. The van der Waals surface area contributed by atoms with E-state index in [-0.39, 0.29) is 24.3 Å². The largest absolute Gasteiger partial charge is 0.444 e. The van der Waals surface area contributed by atoms with Crippen LogP contribution in [-0.2, 0) is 22.4 Å². The topological polar surface area (TPSA) is 127 Å². The maximum Gasteiger partial charge on any atom is 0.410 e. The Bertz CT molecular complexity index is 2040. The van der Waals surface area contributed by atoms with E-state index >= 15 is 0 Å². The van der Waals surface area contributed by atoms with E-state index in [1.165, 1.54) is 11.1 Å². The van der Waals surface area contributed by atoms with Crippen molar-refractivity contribution in [3.8, 4) is 22.6 Å². The van der Waals surface area contributed by atoms with Gasteiger partial charge in [0.1, 0.15) is 17.0 Å². The van der Waals surface area contributed by atoms with E-state index < -0.39 is 5.60 Å². The van der Waals surface area contributed by atoms with Gasteiger partial charge in [-0.15, -0.1) is 0 Å². The fourth-order valence-electron chi connectivity index (χ4n) is 6.98. The van der Waals surface area contributed by atoms with Crippen molar-refractivity contribution in [2.75, 3.05) is 13.2 Å². The molecular weight excluding hydrogens is 630 g/mol. The predicted octanol–water partition coefficient (Wildman–Crippen LogP) is 7.67. The first-order valence-electron chi connectivity index (χ1n) is 17.6. The molecule has 2 N–H and O–H groups in total. The highest BCUT2D eigenvalue weighted by molar-refractivity contribution is 5.97. The molecule has 11 nitrogen and oxygen atoms in total. The molecule has 2 atom stereocenters. The maximum atomic E-state index is 13.4. The van der Waals surface area contributed by atoms with Crippen molar-refractivity contribution in [1.29, 1.82) is 0 Å². The Morgan fingerprint density at radius 1 is 1.10 bits per heavy atom. The molecule has 260 valence electrons. The molecular formula is C39H45N7O4. The fraction of sp³-hybridized carbons (Fsp3) is 0.410. The number of amides is 2. The minimum atomic E-state index is -0.583. The van der Waals surface area contributed by atoms with Crippen LogP contribution in [0.3, 0.4) is 0 Å². The van der Waals surface area contributed by atoms with Crippen LogP contribution in [0.1, 0.15) is 98.4 Å². The molecule has 1 saturated heterocycles. The number of hydrogen-bond acceptors (Lipinski definition) is 7. The average Bonchev–Trinajstić information content (AvgIpc) is 3.85. The molecule has 3 aromatic heterocycles.